The van der Waals surface area contributed by atoms with E-state index in [2.05, 4.69) is 51.5 Å². The molecular weight excluding hydrogens is 300 g/mol. The van der Waals surface area contributed by atoms with Gasteiger partial charge in [-0.3, -0.25) is 0 Å². The van der Waals surface area contributed by atoms with Crippen molar-refractivity contribution in [1.29, 1.82) is 0 Å². The van der Waals surface area contributed by atoms with Gasteiger partial charge in [-0.25, -0.2) is 19.6 Å². The minimum Gasteiger partial charge on any atom is -0.211 e. The molecule has 0 amide bonds. The van der Waals surface area contributed by atoms with E-state index in [0.717, 1.165) is 18.8 Å². The molecule has 24 heavy (non-hydrogen) atoms. The third-order valence-electron chi connectivity index (χ3n) is 5.37. The predicted molar refractivity (Wildman–Crippen MR) is 99.6 cm³/mol. The SMILES string of the molecule is CC(CN=C=O)C(C)(C)CCCN=C=O.CC1CCCC(C)(C)C1. The van der Waals surface area contributed by atoms with Crippen LogP contribution < -0.4 is 0 Å². The first-order chi connectivity index (χ1) is 11.1. The van der Waals surface area contributed by atoms with Gasteiger partial charge in [0.05, 0.1) is 13.1 Å². The molecule has 0 radical (unpaired) electrons. The zero-order valence-electron chi connectivity index (χ0n) is 16.5. The lowest BCUT2D eigenvalue weighted by molar-refractivity contribution is 0.191. The van der Waals surface area contributed by atoms with Gasteiger partial charge in [-0.05, 0) is 48.3 Å². The maximum atomic E-state index is 9.99. The average Bonchev–Trinajstić information content (AvgIpc) is 2.48. The van der Waals surface area contributed by atoms with E-state index in [1.54, 1.807) is 6.08 Å². The van der Waals surface area contributed by atoms with Crippen LogP contribution in [0.5, 0.6) is 0 Å². The van der Waals surface area contributed by atoms with Crippen LogP contribution in [0.3, 0.4) is 0 Å². The van der Waals surface area contributed by atoms with Gasteiger partial charge >= 0.3 is 0 Å². The Kier molecular flexibility index (Phi) is 10.8. The molecule has 138 valence electrons. The van der Waals surface area contributed by atoms with Gasteiger partial charge in [-0.15, -0.1) is 0 Å². The Bertz CT molecular complexity index is 445. The van der Waals surface area contributed by atoms with E-state index in [0.29, 0.717) is 24.4 Å². The third kappa shape index (κ3) is 10.5. The van der Waals surface area contributed by atoms with E-state index in [4.69, 9.17) is 0 Å². The van der Waals surface area contributed by atoms with E-state index < -0.39 is 0 Å². The Hall–Kier alpha value is -1.24. The monoisotopic (exact) mass is 336 g/mol. The van der Waals surface area contributed by atoms with Crippen LogP contribution in [0.2, 0.25) is 0 Å². The molecule has 1 saturated carbocycles. The smallest absolute Gasteiger partial charge is 0.211 e. The van der Waals surface area contributed by atoms with Crippen LogP contribution in [0, 0.1) is 22.7 Å². The van der Waals surface area contributed by atoms with E-state index in [1.807, 2.05) is 0 Å². The molecule has 0 aromatic carbocycles. The number of carbonyl (C=O) groups excluding carboxylic acids is 2. The molecule has 0 N–H and O–H groups in total. The summed E-state index contributed by atoms with van der Waals surface area (Å²) >= 11 is 0. The number of rotatable bonds is 7. The summed E-state index contributed by atoms with van der Waals surface area (Å²) in [5.41, 5.74) is 0.746. The largest absolute Gasteiger partial charge is 0.234 e. The number of isocyanates is 2. The normalized spacial score (nSPS) is 20.7. The fourth-order valence-corrected chi connectivity index (χ4v) is 3.40. The Labute approximate surface area is 148 Å². The number of aliphatic imine (C=N–C) groups is 2. The second kappa shape index (κ2) is 11.3. The van der Waals surface area contributed by atoms with Crippen molar-refractivity contribution >= 4 is 12.2 Å². The maximum absolute atomic E-state index is 9.99. The number of nitrogens with zero attached hydrogens (tertiary/aromatic N) is 2. The first-order valence-corrected chi connectivity index (χ1v) is 9.22. The summed E-state index contributed by atoms with van der Waals surface area (Å²) in [4.78, 5) is 26.9. The fourth-order valence-electron chi connectivity index (χ4n) is 3.40. The molecule has 1 fully saturated rings. The molecule has 1 rings (SSSR count). The van der Waals surface area contributed by atoms with Crippen molar-refractivity contribution in [1.82, 2.24) is 0 Å². The molecule has 1 aliphatic carbocycles. The Morgan fingerprint density at radius 3 is 2.29 bits per heavy atom. The summed E-state index contributed by atoms with van der Waals surface area (Å²) in [7, 11) is 0. The molecule has 4 nitrogen and oxygen atoms in total. The lowest BCUT2D eigenvalue weighted by Crippen LogP contribution is -2.24. The fraction of sp³-hybridized carbons (Fsp3) is 0.900. The highest BCUT2D eigenvalue weighted by Gasteiger charge is 2.25. The van der Waals surface area contributed by atoms with Gasteiger partial charge in [0.25, 0.3) is 0 Å². The summed E-state index contributed by atoms with van der Waals surface area (Å²) in [6.07, 6.45) is 10.7. The summed E-state index contributed by atoms with van der Waals surface area (Å²) in [5.74, 6) is 1.30. The maximum Gasteiger partial charge on any atom is 0.234 e. The molecule has 2 atom stereocenters. The second-order valence-corrected chi connectivity index (χ2v) is 8.76. The van der Waals surface area contributed by atoms with E-state index in [1.165, 1.54) is 31.8 Å². The van der Waals surface area contributed by atoms with Crippen LogP contribution in [0.1, 0.15) is 80.1 Å². The van der Waals surface area contributed by atoms with Crippen molar-refractivity contribution in [3.8, 4) is 0 Å². The lowest BCUT2D eigenvalue weighted by Gasteiger charge is -2.33. The average molecular weight is 337 g/mol. The van der Waals surface area contributed by atoms with Gasteiger partial charge in [0.2, 0.25) is 12.2 Å². The molecule has 2 unspecified atom stereocenters. The van der Waals surface area contributed by atoms with Gasteiger partial charge < -0.3 is 0 Å². The standard InChI is InChI=1S/C11H18N2O2.C9H18/c1-10(7-13-9-15)11(2,3)5-4-6-12-8-14;1-8-5-4-6-9(2,3)7-8/h10H,4-7H2,1-3H3;8H,4-7H2,1-3H3. The van der Waals surface area contributed by atoms with Gasteiger partial charge in [0.1, 0.15) is 0 Å². The first-order valence-electron chi connectivity index (χ1n) is 9.22. The predicted octanol–water partition coefficient (Wildman–Crippen LogP) is 5.32. The molecule has 0 spiro atoms. The molecular formula is C20H36N2O2. The molecule has 0 aromatic rings. The summed E-state index contributed by atoms with van der Waals surface area (Å²) in [6.45, 7) is 14.5. The first kappa shape index (κ1) is 22.8. The van der Waals surface area contributed by atoms with Crippen molar-refractivity contribution in [3.63, 3.8) is 0 Å². The van der Waals surface area contributed by atoms with Gasteiger partial charge in [-0.2, -0.15) is 0 Å². The van der Waals surface area contributed by atoms with E-state index in [9.17, 15) is 9.59 Å². The third-order valence-corrected chi connectivity index (χ3v) is 5.37. The van der Waals surface area contributed by atoms with Gasteiger partial charge in [-0.1, -0.05) is 54.4 Å². The Morgan fingerprint density at radius 2 is 1.83 bits per heavy atom. The summed E-state index contributed by atoms with van der Waals surface area (Å²) < 4.78 is 0. The summed E-state index contributed by atoms with van der Waals surface area (Å²) in [6, 6.07) is 0. The van der Waals surface area contributed by atoms with Crippen LogP contribution in [-0.4, -0.2) is 25.2 Å². The topological polar surface area (TPSA) is 58.9 Å². The molecule has 1 aliphatic rings. The molecule has 0 saturated heterocycles. The quantitative estimate of drug-likeness (QED) is 0.359. The van der Waals surface area contributed by atoms with Crippen molar-refractivity contribution in [2.45, 2.75) is 80.1 Å². The minimum absolute atomic E-state index is 0.0960. The van der Waals surface area contributed by atoms with Crippen LogP contribution in [0.25, 0.3) is 0 Å². The highest BCUT2D eigenvalue weighted by Crippen LogP contribution is 2.37. The van der Waals surface area contributed by atoms with Crippen LogP contribution in [-0.2, 0) is 9.59 Å². The zero-order valence-corrected chi connectivity index (χ0v) is 16.5. The second-order valence-electron chi connectivity index (χ2n) is 8.76. The van der Waals surface area contributed by atoms with E-state index >= 15 is 0 Å². The minimum atomic E-state index is 0.0960. The Morgan fingerprint density at radius 1 is 1.21 bits per heavy atom. The van der Waals surface area contributed by atoms with Crippen LogP contribution in [0.4, 0.5) is 0 Å². The molecule has 4 heteroatoms. The van der Waals surface area contributed by atoms with Crippen molar-refractivity contribution in [2.75, 3.05) is 13.1 Å². The highest BCUT2D eigenvalue weighted by atomic mass is 16.1. The Balaban J connectivity index is 0.000000496. The van der Waals surface area contributed by atoms with Crippen molar-refractivity contribution in [2.24, 2.45) is 32.7 Å². The van der Waals surface area contributed by atoms with Crippen LogP contribution >= 0.6 is 0 Å². The molecule has 0 bridgehead atoms. The highest BCUT2D eigenvalue weighted by molar-refractivity contribution is 5.33. The molecule has 0 aromatic heterocycles. The van der Waals surface area contributed by atoms with E-state index in [-0.39, 0.29) is 5.41 Å². The number of hydrogen-bond donors (Lipinski definition) is 0. The van der Waals surface area contributed by atoms with Crippen molar-refractivity contribution in [3.05, 3.63) is 0 Å². The van der Waals surface area contributed by atoms with Crippen LogP contribution in [0.15, 0.2) is 9.98 Å². The molecule has 0 aliphatic heterocycles. The summed E-state index contributed by atoms with van der Waals surface area (Å²) in [5, 5.41) is 0. The van der Waals surface area contributed by atoms with Gasteiger partial charge in [0, 0.05) is 0 Å². The molecule has 0 heterocycles. The number of hydrogen-bond acceptors (Lipinski definition) is 4. The van der Waals surface area contributed by atoms with Crippen molar-refractivity contribution < 1.29 is 9.59 Å². The zero-order chi connectivity index (χ0) is 18.6. The van der Waals surface area contributed by atoms with Gasteiger partial charge in [0.15, 0.2) is 0 Å². The lowest BCUT2D eigenvalue weighted by atomic mass is 9.73.